The van der Waals surface area contributed by atoms with E-state index < -0.39 is 0 Å². The largest absolute Gasteiger partial charge is 0.319 e. The van der Waals surface area contributed by atoms with Gasteiger partial charge in [0.25, 0.3) is 0 Å². The summed E-state index contributed by atoms with van der Waals surface area (Å²) in [6, 6.07) is 6.81. The second-order valence-electron chi connectivity index (χ2n) is 3.96. The fraction of sp³-hybridized carbons (Fsp3) is 0.500. The van der Waals surface area contributed by atoms with Crippen molar-refractivity contribution >= 4 is 11.8 Å². The van der Waals surface area contributed by atoms with Crippen molar-refractivity contribution in [3.8, 4) is 0 Å². The molecule has 0 spiro atoms. The third-order valence-electron chi connectivity index (χ3n) is 2.64. The van der Waals surface area contributed by atoms with Crippen molar-refractivity contribution in [3.05, 3.63) is 29.3 Å². The summed E-state index contributed by atoms with van der Waals surface area (Å²) >= 11 is 1.75. The highest BCUT2D eigenvalue weighted by Gasteiger charge is 2.09. The summed E-state index contributed by atoms with van der Waals surface area (Å²) in [7, 11) is 0. The van der Waals surface area contributed by atoms with Gasteiger partial charge in [-0.1, -0.05) is 6.07 Å². The van der Waals surface area contributed by atoms with E-state index in [-0.39, 0.29) is 5.37 Å². The lowest BCUT2D eigenvalue weighted by atomic mass is 9.92. The number of nitrogens with two attached hydrogens (primary N) is 1. The van der Waals surface area contributed by atoms with Gasteiger partial charge in [0.05, 0.1) is 5.37 Å². The predicted octanol–water partition coefficient (Wildman–Crippen LogP) is 2.96. The molecule has 1 aliphatic carbocycles. The predicted molar refractivity (Wildman–Crippen MR) is 62.6 cm³/mol. The first kappa shape index (κ1) is 10.1. The standard InChI is InChI=1S/C12H17NS/c1-9(13)14-12-7-6-10-4-2-3-5-11(10)8-12/h6-9H,2-5,13H2,1H3. The van der Waals surface area contributed by atoms with Gasteiger partial charge in [0.2, 0.25) is 0 Å². The molecule has 1 aromatic rings. The Balaban J connectivity index is 2.20. The highest BCUT2D eigenvalue weighted by Crippen LogP contribution is 2.27. The van der Waals surface area contributed by atoms with Crippen LogP contribution in [0.5, 0.6) is 0 Å². The van der Waals surface area contributed by atoms with Crippen LogP contribution in [0.3, 0.4) is 0 Å². The van der Waals surface area contributed by atoms with Crippen molar-refractivity contribution in [1.82, 2.24) is 0 Å². The third-order valence-corrected chi connectivity index (χ3v) is 3.54. The molecule has 0 amide bonds. The quantitative estimate of drug-likeness (QED) is 0.596. The van der Waals surface area contributed by atoms with Gasteiger partial charge in [0.1, 0.15) is 0 Å². The molecule has 0 fully saturated rings. The normalized spacial score (nSPS) is 17.6. The Bertz CT molecular complexity index is 320. The van der Waals surface area contributed by atoms with Gasteiger partial charge >= 0.3 is 0 Å². The number of hydrogen-bond acceptors (Lipinski definition) is 2. The molecule has 14 heavy (non-hydrogen) atoms. The lowest BCUT2D eigenvalue weighted by molar-refractivity contribution is 0.683. The van der Waals surface area contributed by atoms with E-state index in [0.717, 1.165) is 0 Å². The van der Waals surface area contributed by atoms with Crippen LogP contribution < -0.4 is 5.73 Å². The SMILES string of the molecule is CC(N)Sc1ccc2c(c1)CCCC2. The zero-order valence-electron chi connectivity index (χ0n) is 8.62. The molecule has 2 N–H and O–H groups in total. The van der Waals surface area contributed by atoms with Crippen LogP contribution in [0.4, 0.5) is 0 Å². The highest BCUT2D eigenvalue weighted by atomic mass is 32.2. The average molecular weight is 207 g/mol. The van der Waals surface area contributed by atoms with Crippen molar-refractivity contribution in [2.24, 2.45) is 5.73 Å². The van der Waals surface area contributed by atoms with Crippen molar-refractivity contribution in [1.29, 1.82) is 0 Å². The fourth-order valence-corrected chi connectivity index (χ4v) is 2.78. The lowest BCUT2D eigenvalue weighted by Gasteiger charge is -2.16. The molecule has 0 saturated heterocycles. The number of aryl methyl sites for hydroxylation is 2. The minimum absolute atomic E-state index is 0.191. The summed E-state index contributed by atoms with van der Waals surface area (Å²) in [5, 5.41) is 0.191. The molecule has 76 valence electrons. The average Bonchev–Trinajstić information content (AvgIpc) is 2.17. The second-order valence-corrected chi connectivity index (χ2v) is 5.41. The minimum atomic E-state index is 0.191. The Labute approximate surface area is 90.1 Å². The molecule has 0 saturated carbocycles. The van der Waals surface area contributed by atoms with Gasteiger partial charge in [-0.2, -0.15) is 0 Å². The summed E-state index contributed by atoms with van der Waals surface area (Å²) in [5.74, 6) is 0. The topological polar surface area (TPSA) is 26.0 Å². The van der Waals surface area contributed by atoms with Crippen LogP contribution in [0.2, 0.25) is 0 Å². The van der Waals surface area contributed by atoms with E-state index in [1.807, 2.05) is 6.92 Å². The van der Waals surface area contributed by atoms with Crippen LogP contribution in [0.15, 0.2) is 23.1 Å². The van der Waals surface area contributed by atoms with Gasteiger partial charge in [-0.3, -0.25) is 0 Å². The van der Waals surface area contributed by atoms with Crippen LogP contribution in [0, 0.1) is 0 Å². The number of thioether (sulfide) groups is 1. The number of hydrogen-bond donors (Lipinski definition) is 1. The Hall–Kier alpha value is -0.470. The van der Waals surface area contributed by atoms with E-state index in [4.69, 9.17) is 5.73 Å². The van der Waals surface area contributed by atoms with Gasteiger partial charge in [0.15, 0.2) is 0 Å². The molecule has 0 radical (unpaired) electrons. The van der Waals surface area contributed by atoms with Crippen molar-refractivity contribution in [2.75, 3.05) is 0 Å². The Morgan fingerprint density at radius 1 is 1.21 bits per heavy atom. The molecule has 2 heteroatoms. The van der Waals surface area contributed by atoms with Gasteiger partial charge in [-0.15, -0.1) is 11.8 Å². The Morgan fingerprint density at radius 3 is 2.64 bits per heavy atom. The molecule has 1 aliphatic rings. The molecule has 0 aromatic heterocycles. The lowest BCUT2D eigenvalue weighted by Crippen LogP contribution is -2.09. The molecule has 1 aromatic carbocycles. The summed E-state index contributed by atoms with van der Waals surface area (Å²) in [6.45, 7) is 2.03. The minimum Gasteiger partial charge on any atom is -0.319 e. The van der Waals surface area contributed by atoms with E-state index in [1.165, 1.54) is 30.6 Å². The van der Waals surface area contributed by atoms with Crippen molar-refractivity contribution in [2.45, 2.75) is 42.9 Å². The van der Waals surface area contributed by atoms with Crippen molar-refractivity contribution in [3.63, 3.8) is 0 Å². The van der Waals surface area contributed by atoms with Gasteiger partial charge in [0, 0.05) is 4.90 Å². The molecule has 0 aliphatic heterocycles. The molecule has 0 bridgehead atoms. The molecule has 1 nitrogen and oxygen atoms in total. The third kappa shape index (κ3) is 2.31. The van der Waals surface area contributed by atoms with Crippen LogP contribution >= 0.6 is 11.8 Å². The first-order chi connectivity index (χ1) is 6.75. The Kier molecular flexibility index (Phi) is 3.14. The molecular formula is C12H17NS. The molecule has 1 atom stereocenters. The van der Waals surface area contributed by atoms with E-state index >= 15 is 0 Å². The zero-order valence-corrected chi connectivity index (χ0v) is 9.44. The van der Waals surface area contributed by atoms with Crippen LogP contribution in [0.25, 0.3) is 0 Å². The fourth-order valence-electron chi connectivity index (χ4n) is 2.00. The first-order valence-corrected chi connectivity index (χ1v) is 6.18. The van der Waals surface area contributed by atoms with Crippen LogP contribution in [-0.4, -0.2) is 5.37 Å². The summed E-state index contributed by atoms with van der Waals surface area (Å²) in [6.07, 6.45) is 5.22. The monoisotopic (exact) mass is 207 g/mol. The summed E-state index contributed by atoms with van der Waals surface area (Å²) in [5.41, 5.74) is 8.85. The van der Waals surface area contributed by atoms with Crippen molar-refractivity contribution < 1.29 is 0 Å². The van der Waals surface area contributed by atoms with E-state index in [0.29, 0.717) is 0 Å². The van der Waals surface area contributed by atoms with E-state index in [9.17, 15) is 0 Å². The summed E-state index contributed by atoms with van der Waals surface area (Å²) < 4.78 is 0. The number of benzene rings is 1. The Morgan fingerprint density at radius 2 is 1.93 bits per heavy atom. The molecule has 0 heterocycles. The van der Waals surface area contributed by atoms with Crippen LogP contribution in [-0.2, 0) is 12.8 Å². The number of rotatable bonds is 2. The zero-order chi connectivity index (χ0) is 9.97. The molecule has 1 unspecified atom stereocenters. The smallest absolute Gasteiger partial charge is 0.0525 e. The van der Waals surface area contributed by atoms with Crippen LogP contribution in [0.1, 0.15) is 30.9 Å². The van der Waals surface area contributed by atoms with E-state index in [2.05, 4.69) is 18.2 Å². The number of fused-ring (bicyclic) bond motifs is 1. The maximum Gasteiger partial charge on any atom is 0.0525 e. The second kappa shape index (κ2) is 4.37. The molecule has 2 rings (SSSR count). The molecular weight excluding hydrogens is 190 g/mol. The highest BCUT2D eigenvalue weighted by molar-refractivity contribution is 7.99. The van der Waals surface area contributed by atoms with E-state index in [1.54, 1.807) is 22.9 Å². The van der Waals surface area contributed by atoms with Gasteiger partial charge < -0.3 is 5.73 Å². The summed E-state index contributed by atoms with van der Waals surface area (Å²) in [4.78, 5) is 1.32. The maximum absolute atomic E-state index is 5.76. The van der Waals surface area contributed by atoms with Gasteiger partial charge in [-0.25, -0.2) is 0 Å². The van der Waals surface area contributed by atoms with Gasteiger partial charge in [-0.05, 0) is 55.9 Å². The first-order valence-electron chi connectivity index (χ1n) is 5.30. The maximum atomic E-state index is 5.76.